The zero-order chi connectivity index (χ0) is 25.5. The van der Waals surface area contributed by atoms with Crippen LogP contribution in [-0.2, 0) is 4.74 Å². The van der Waals surface area contributed by atoms with E-state index in [9.17, 15) is 14.3 Å². The minimum atomic E-state index is -0.504. The van der Waals surface area contributed by atoms with Crippen LogP contribution < -0.4 is 11.1 Å². The average Bonchev–Trinajstić information content (AvgIpc) is 3.69. The molecule has 4 N–H and O–H groups in total. The molecule has 0 spiro atoms. The number of ether oxygens (including phenoxy) is 1. The molecule has 8 nitrogen and oxygen atoms in total. The summed E-state index contributed by atoms with van der Waals surface area (Å²) in [4.78, 5) is 21.9. The molecule has 0 radical (unpaired) electrons. The summed E-state index contributed by atoms with van der Waals surface area (Å²) in [6, 6.07) is 12.1. The molecule has 4 aromatic rings. The molecule has 2 fully saturated rings. The van der Waals surface area contributed by atoms with Crippen LogP contribution in [-0.4, -0.2) is 44.7 Å². The molecule has 1 amide bonds. The summed E-state index contributed by atoms with van der Waals surface area (Å²) in [5.41, 5.74) is 9.98. The van der Waals surface area contributed by atoms with Crippen LogP contribution in [0.1, 0.15) is 59.3 Å². The van der Waals surface area contributed by atoms with Gasteiger partial charge in [0, 0.05) is 29.6 Å². The van der Waals surface area contributed by atoms with E-state index in [1.165, 1.54) is 6.07 Å². The fraction of sp³-hybridized carbons (Fsp3) is 0.321. The number of aromatic nitrogens is 3. The van der Waals surface area contributed by atoms with E-state index in [0.29, 0.717) is 35.2 Å². The van der Waals surface area contributed by atoms with Crippen LogP contribution >= 0.6 is 0 Å². The smallest absolute Gasteiger partial charge is 0.258 e. The molecule has 1 aliphatic heterocycles. The molecular weight excluding hydrogens is 473 g/mol. The molecule has 9 heteroatoms. The number of nitrogens with one attached hydrogen (secondary N) is 1. The Morgan fingerprint density at radius 1 is 1.14 bits per heavy atom. The lowest BCUT2D eigenvalue weighted by molar-refractivity contribution is -0.0282. The quantitative estimate of drug-likeness (QED) is 0.358. The number of rotatable bonds is 6. The van der Waals surface area contributed by atoms with Gasteiger partial charge in [-0.3, -0.25) is 9.20 Å². The number of amides is 1. The topological polar surface area (TPSA) is 115 Å². The Kier molecular flexibility index (Phi) is 6.10. The summed E-state index contributed by atoms with van der Waals surface area (Å²) in [7, 11) is 0. The number of hydrogen-bond acceptors (Lipinski definition) is 6. The zero-order valence-electron chi connectivity index (χ0n) is 20.2. The van der Waals surface area contributed by atoms with E-state index < -0.39 is 11.7 Å². The van der Waals surface area contributed by atoms with Gasteiger partial charge in [-0.2, -0.15) is 0 Å². The van der Waals surface area contributed by atoms with E-state index in [4.69, 9.17) is 15.5 Å². The average molecular weight is 502 g/mol. The first kappa shape index (κ1) is 23.6. The molecule has 3 heterocycles. The van der Waals surface area contributed by atoms with Gasteiger partial charge in [0.15, 0.2) is 0 Å². The SMILES string of the molecule is Nc1nccn2c(C3CCC(CO)OC3)nc(-c3ccc(NC(=O)c4ccc(C5CC5)cc4F)cc3)c12. The predicted octanol–water partition coefficient (Wildman–Crippen LogP) is 4.50. The van der Waals surface area contributed by atoms with E-state index in [-0.39, 0.29) is 24.2 Å². The van der Waals surface area contributed by atoms with Crippen molar-refractivity contribution in [3.8, 4) is 11.3 Å². The number of carbonyl (C=O) groups excluding carboxylic acids is 1. The molecule has 2 aliphatic rings. The summed E-state index contributed by atoms with van der Waals surface area (Å²) in [5, 5.41) is 12.2. The molecule has 37 heavy (non-hydrogen) atoms. The number of anilines is 2. The second-order valence-corrected chi connectivity index (χ2v) is 9.81. The highest BCUT2D eigenvalue weighted by atomic mass is 19.1. The van der Waals surface area contributed by atoms with Crippen molar-refractivity contribution < 1.29 is 19.0 Å². The van der Waals surface area contributed by atoms with Gasteiger partial charge in [0.25, 0.3) is 5.91 Å². The lowest BCUT2D eigenvalue weighted by Crippen LogP contribution is -2.28. The Morgan fingerprint density at radius 3 is 2.59 bits per heavy atom. The monoisotopic (exact) mass is 501 g/mol. The van der Waals surface area contributed by atoms with Crippen molar-refractivity contribution in [2.45, 2.75) is 43.6 Å². The van der Waals surface area contributed by atoms with E-state index in [1.807, 2.05) is 28.8 Å². The first-order valence-corrected chi connectivity index (χ1v) is 12.6. The number of imidazole rings is 1. The van der Waals surface area contributed by atoms with E-state index >= 15 is 0 Å². The van der Waals surface area contributed by atoms with Gasteiger partial charge in [-0.15, -0.1) is 0 Å². The van der Waals surface area contributed by atoms with Crippen LogP contribution in [0.4, 0.5) is 15.9 Å². The van der Waals surface area contributed by atoms with E-state index in [2.05, 4.69) is 10.3 Å². The third kappa shape index (κ3) is 4.56. The van der Waals surface area contributed by atoms with Gasteiger partial charge in [-0.1, -0.05) is 18.2 Å². The number of fused-ring (bicyclic) bond motifs is 1. The van der Waals surface area contributed by atoms with Crippen molar-refractivity contribution in [2.24, 2.45) is 0 Å². The highest BCUT2D eigenvalue weighted by molar-refractivity contribution is 6.04. The van der Waals surface area contributed by atoms with Gasteiger partial charge in [0.2, 0.25) is 0 Å². The number of nitrogen functional groups attached to an aromatic ring is 1. The number of nitrogens with zero attached hydrogens (tertiary/aromatic N) is 3. The van der Waals surface area contributed by atoms with Crippen molar-refractivity contribution in [3.63, 3.8) is 0 Å². The number of hydrogen-bond donors (Lipinski definition) is 3. The van der Waals surface area contributed by atoms with Crippen LogP contribution in [0.15, 0.2) is 54.9 Å². The highest BCUT2D eigenvalue weighted by Gasteiger charge is 2.28. The third-order valence-electron chi connectivity index (χ3n) is 7.25. The first-order valence-electron chi connectivity index (χ1n) is 12.6. The van der Waals surface area contributed by atoms with Gasteiger partial charge in [-0.05, 0) is 61.4 Å². The number of carbonyl (C=O) groups is 1. The first-order chi connectivity index (χ1) is 18.0. The van der Waals surface area contributed by atoms with E-state index in [1.54, 1.807) is 24.4 Å². The molecule has 2 atom stereocenters. The maximum absolute atomic E-state index is 14.6. The second kappa shape index (κ2) is 9.57. The van der Waals surface area contributed by atoms with Crippen LogP contribution in [0.25, 0.3) is 16.8 Å². The second-order valence-electron chi connectivity index (χ2n) is 9.81. The summed E-state index contributed by atoms with van der Waals surface area (Å²) in [6.45, 7) is 0.480. The number of aliphatic hydroxyl groups excluding tert-OH is 1. The highest BCUT2D eigenvalue weighted by Crippen LogP contribution is 2.40. The Morgan fingerprint density at radius 2 is 1.92 bits per heavy atom. The molecule has 190 valence electrons. The molecule has 6 rings (SSSR count). The van der Waals surface area contributed by atoms with Crippen molar-refractivity contribution in [1.82, 2.24) is 14.4 Å². The van der Waals surface area contributed by atoms with Gasteiger partial charge in [0.1, 0.15) is 28.7 Å². The Hall–Kier alpha value is -3.82. The third-order valence-corrected chi connectivity index (χ3v) is 7.25. The molecule has 0 bridgehead atoms. The Balaban J connectivity index is 1.25. The van der Waals surface area contributed by atoms with Gasteiger partial charge in [-0.25, -0.2) is 14.4 Å². The predicted molar refractivity (Wildman–Crippen MR) is 138 cm³/mol. The fourth-order valence-electron chi connectivity index (χ4n) is 5.03. The normalized spacial score (nSPS) is 19.7. The van der Waals surface area contributed by atoms with Crippen molar-refractivity contribution in [3.05, 3.63) is 77.6 Å². The number of nitrogens with two attached hydrogens (primary N) is 1. The summed E-state index contributed by atoms with van der Waals surface area (Å²) >= 11 is 0. The van der Waals surface area contributed by atoms with Gasteiger partial charge in [0.05, 0.1) is 24.9 Å². The van der Waals surface area contributed by atoms with Crippen molar-refractivity contribution >= 4 is 22.9 Å². The largest absolute Gasteiger partial charge is 0.394 e. The number of aliphatic hydroxyl groups is 1. The molecule has 2 aromatic carbocycles. The minimum absolute atomic E-state index is 0.0124. The molecule has 2 unspecified atom stereocenters. The van der Waals surface area contributed by atoms with Gasteiger partial charge >= 0.3 is 0 Å². The van der Waals surface area contributed by atoms with Crippen LogP contribution in [0.3, 0.4) is 0 Å². The Bertz CT molecular complexity index is 1460. The molecule has 2 aromatic heterocycles. The van der Waals surface area contributed by atoms with Crippen molar-refractivity contribution in [2.75, 3.05) is 24.3 Å². The maximum Gasteiger partial charge on any atom is 0.258 e. The van der Waals surface area contributed by atoms with Crippen LogP contribution in [0.5, 0.6) is 0 Å². The molecule has 1 saturated carbocycles. The molecular formula is C28H28FN5O3. The zero-order valence-corrected chi connectivity index (χ0v) is 20.2. The van der Waals surface area contributed by atoms with Crippen molar-refractivity contribution in [1.29, 1.82) is 0 Å². The summed E-state index contributed by atoms with van der Waals surface area (Å²) in [6.07, 6.45) is 7.09. The number of halogens is 1. The molecule has 1 saturated heterocycles. The standard InChI is InChI=1S/C28H28FN5O3/c29-23-13-18(16-1-2-16)6-10-22(23)28(36)32-20-7-3-17(4-8-20)24-25-26(30)31-11-12-34(25)27(33-24)19-5-9-21(14-35)37-15-19/h3-4,6-8,10-13,16,19,21,35H,1-2,5,9,14-15H2,(H2,30,31)(H,32,36). The maximum atomic E-state index is 14.6. The Labute approximate surface area is 213 Å². The minimum Gasteiger partial charge on any atom is -0.394 e. The van der Waals surface area contributed by atoms with Gasteiger partial charge < -0.3 is 20.9 Å². The van der Waals surface area contributed by atoms with Crippen LogP contribution in [0.2, 0.25) is 0 Å². The summed E-state index contributed by atoms with van der Waals surface area (Å²) < 4.78 is 22.3. The van der Waals surface area contributed by atoms with E-state index in [0.717, 1.165) is 42.6 Å². The van der Waals surface area contributed by atoms with Crippen LogP contribution in [0, 0.1) is 5.82 Å². The molecule has 1 aliphatic carbocycles. The lowest BCUT2D eigenvalue weighted by Gasteiger charge is -2.27. The lowest BCUT2D eigenvalue weighted by atomic mass is 9.98. The summed E-state index contributed by atoms with van der Waals surface area (Å²) in [5.74, 6) is 0.683. The fourth-order valence-corrected chi connectivity index (χ4v) is 5.03. The number of benzene rings is 2.